The maximum absolute atomic E-state index is 6.01. The largest absolute Gasteiger partial charge is 0.365 e. The minimum absolute atomic E-state index is 0.464. The maximum atomic E-state index is 6.01. The number of nitrogens with zero attached hydrogens (tertiary/aromatic N) is 2. The monoisotopic (exact) mass is 242 g/mol. The molecule has 0 N–H and O–H groups in total. The Balaban J connectivity index is 2.24. The molecule has 0 aliphatic carbocycles. The number of hydrogen-bond acceptors (Lipinski definition) is 3. The minimum atomic E-state index is 0.464. The van der Waals surface area contributed by atoms with E-state index in [0.29, 0.717) is 11.9 Å². The Kier molecular flexibility index (Phi) is 3.76. The Morgan fingerprint density at radius 1 is 1.67 bits per heavy atom. The van der Waals surface area contributed by atoms with Crippen LogP contribution in [0.2, 0.25) is 0 Å². The number of halogens is 1. The second-order valence-corrected chi connectivity index (χ2v) is 5.20. The van der Waals surface area contributed by atoms with Gasteiger partial charge in [0.2, 0.25) is 0 Å². The molecule has 0 bridgehead atoms. The van der Waals surface area contributed by atoms with Crippen LogP contribution in [0.4, 0.5) is 5.69 Å². The molecular weight excluding hydrogens is 228 g/mol. The van der Waals surface area contributed by atoms with E-state index in [-0.39, 0.29) is 0 Å². The third kappa shape index (κ3) is 2.40. The van der Waals surface area contributed by atoms with Crippen molar-refractivity contribution in [2.24, 2.45) is 0 Å². The molecule has 0 saturated carbocycles. The Bertz CT molecular complexity index is 332. The molecule has 2 nitrogen and oxygen atoms in total. The van der Waals surface area contributed by atoms with Gasteiger partial charge >= 0.3 is 0 Å². The van der Waals surface area contributed by atoms with E-state index in [0.717, 1.165) is 12.3 Å². The van der Waals surface area contributed by atoms with Crippen LogP contribution < -0.4 is 4.90 Å². The number of aryl methyl sites for hydroxylation is 1. The molecule has 15 heavy (non-hydrogen) atoms. The zero-order valence-corrected chi connectivity index (χ0v) is 10.4. The topological polar surface area (TPSA) is 16.1 Å². The van der Waals surface area contributed by atoms with Crippen LogP contribution in [0.3, 0.4) is 0 Å². The molecule has 1 aliphatic heterocycles. The molecule has 0 aromatic carbocycles. The predicted molar refractivity (Wildman–Crippen MR) is 68.2 cm³/mol. The van der Waals surface area contributed by atoms with Crippen LogP contribution in [0.5, 0.6) is 0 Å². The SMILES string of the molecule is Cc1cnccc1N1CCSCC1CCl. The third-order valence-electron chi connectivity index (χ3n) is 2.71. The Labute approximate surface area is 100 Å². The van der Waals surface area contributed by atoms with Gasteiger partial charge in [-0.05, 0) is 18.6 Å². The zero-order chi connectivity index (χ0) is 10.7. The standard InChI is InChI=1S/C11H15ClN2S/c1-9-7-13-3-2-11(9)14-4-5-15-8-10(14)6-12/h2-3,7,10H,4-6,8H2,1H3. The molecule has 1 unspecified atom stereocenters. The van der Waals surface area contributed by atoms with E-state index in [1.165, 1.54) is 17.0 Å². The van der Waals surface area contributed by atoms with E-state index < -0.39 is 0 Å². The molecule has 0 amide bonds. The smallest absolute Gasteiger partial charge is 0.0516 e. The molecule has 0 spiro atoms. The van der Waals surface area contributed by atoms with Gasteiger partial charge in [-0.15, -0.1) is 11.6 Å². The van der Waals surface area contributed by atoms with E-state index in [4.69, 9.17) is 11.6 Å². The summed E-state index contributed by atoms with van der Waals surface area (Å²) in [5.74, 6) is 3.02. The highest BCUT2D eigenvalue weighted by Gasteiger charge is 2.22. The first-order chi connectivity index (χ1) is 7.33. The van der Waals surface area contributed by atoms with Crippen LogP contribution in [0.15, 0.2) is 18.5 Å². The second-order valence-electron chi connectivity index (χ2n) is 3.74. The lowest BCUT2D eigenvalue weighted by Crippen LogP contribution is -2.44. The van der Waals surface area contributed by atoms with Gasteiger partial charge in [0.25, 0.3) is 0 Å². The maximum Gasteiger partial charge on any atom is 0.0516 e. The lowest BCUT2D eigenvalue weighted by molar-refractivity contribution is 0.702. The lowest BCUT2D eigenvalue weighted by Gasteiger charge is -2.36. The summed E-state index contributed by atoms with van der Waals surface area (Å²) < 4.78 is 0. The molecule has 4 heteroatoms. The fraction of sp³-hybridized carbons (Fsp3) is 0.545. The second kappa shape index (κ2) is 5.08. The summed E-state index contributed by atoms with van der Waals surface area (Å²) in [5.41, 5.74) is 2.52. The highest BCUT2D eigenvalue weighted by Crippen LogP contribution is 2.26. The fourth-order valence-electron chi connectivity index (χ4n) is 1.89. The van der Waals surface area contributed by atoms with Crippen molar-refractivity contribution in [1.29, 1.82) is 0 Å². The summed E-state index contributed by atoms with van der Waals surface area (Å²) in [7, 11) is 0. The first kappa shape index (κ1) is 11.1. The average molecular weight is 243 g/mol. The lowest BCUT2D eigenvalue weighted by atomic mass is 10.2. The molecule has 2 heterocycles. The van der Waals surface area contributed by atoms with Crippen molar-refractivity contribution in [3.63, 3.8) is 0 Å². The average Bonchev–Trinajstić information content (AvgIpc) is 2.30. The third-order valence-corrected chi connectivity index (χ3v) is 4.15. The fourth-order valence-corrected chi connectivity index (χ4v) is 3.36. The Morgan fingerprint density at radius 3 is 3.27 bits per heavy atom. The Morgan fingerprint density at radius 2 is 2.53 bits per heavy atom. The molecule has 1 saturated heterocycles. The number of aromatic nitrogens is 1. The summed E-state index contributed by atoms with van der Waals surface area (Å²) in [6.07, 6.45) is 3.78. The molecule has 1 atom stereocenters. The van der Waals surface area contributed by atoms with Gasteiger partial charge in [0.15, 0.2) is 0 Å². The van der Waals surface area contributed by atoms with Crippen molar-refractivity contribution in [2.75, 3.05) is 28.8 Å². The van der Waals surface area contributed by atoms with Crippen molar-refractivity contribution in [1.82, 2.24) is 4.98 Å². The minimum Gasteiger partial charge on any atom is -0.365 e. The van der Waals surface area contributed by atoms with Gasteiger partial charge in [0, 0.05) is 42.0 Å². The van der Waals surface area contributed by atoms with E-state index in [2.05, 4.69) is 22.9 Å². The number of hydrogen-bond donors (Lipinski definition) is 0. The van der Waals surface area contributed by atoms with E-state index in [9.17, 15) is 0 Å². The van der Waals surface area contributed by atoms with Gasteiger partial charge in [-0.3, -0.25) is 4.98 Å². The van der Waals surface area contributed by atoms with Crippen LogP contribution >= 0.6 is 23.4 Å². The Hall–Kier alpha value is -0.410. The molecule has 0 radical (unpaired) electrons. The summed E-state index contributed by atoms with van der Waals surface area (Å²) >= 11 is 8.00. The number of anilines is 1. The van der Waals surface area contributed by atoms with Crippen molar-refractivity contribution in [3.05, 3.63) is 24.0 Å². The number of thioether (sulfide) groups is 1. The van der Waals surface area contributed by atoms with Crippen molar-refractivity contribution in [3.8, 4) is 0 Å². The van der Waals surface area contributed by atoms with Gasteiger partial charge in [-0.1, -0.05) is 0 Å². The summed E-state index contributed by atoms with van der Waals surface area (Å²) in [4.78, 5) is 6.54. The van der Waals surface area contributed by atoms with Gasteiger partial charge in [-0.2, -0.15) is 11.8 Å². The van der Waals surface area contributed by atoms with Gasteiger partial charge in [0.1, 0.15) is 0 Å². The molecule has 2 rings (SSSR count). The molecule has 1 fully saturated rings. The van der Waals surface area contributed by atoms with Crippen LogP contribution in [-0.4, -0.2) is 35.0 Å². The van der Waals surface area contributed by atoms with Crippen LogP contribution in [-0.2, 0) is 0 Å². The number of rotatable bonds is 2. The van der Waals surface area contributed by atoms with E-state index in [1.54, 1.807) is 0 Å². The first-order valence-electron chi connectivity index (χ1n) is 5.14. The molecular formula is C11H15ClN2S. The van der Waals surface area contributed by atoms with Crippen molar-refractivity contribution >= 4 is 29.1 Å². The number of pyridine rings is 1. The molecule has 1 aromatic heterocycles. The molecule has 1 aromatic rings. The van der Waals surface area contributed by atoms with Gasteiger partial charge < -0.3 is 4.90 Å². The normalized spacial score (nSPS) is 21.7. The predicted octanol–water partition coefficient (Wildman–Crippen LogP) is 2.55. The van der Waals surface area contributed by atoms with Crippen LogP contribution in [0.1, 0.15) is 5.56 Å². The van der Waals surface area contributed by atoms with Gasteiger partial charge in [-0.25, -0.2) is 0 Å². The number of alkyl halides is 1. The van der Waals surface area contributed by atoms with Crippen molar-refractivity contribution < 1.29 is 0 Å². The quantitative estimate of drug-likeness (QED) is 0.742. The first-order valence-corrected chi connectivity index (χ1v) is 6.83. The van der Waals surface area contributed by atoms with E-state index in [1.807, 2.05) is 24.2 Å². The summed E-state index contributed by atoms with van der Waals surface area (Å²) in [6.45, 7) is 3.20. The highest BCUT2D eigenvalue weighted by atomic mass is 35.5. The van der Waals surface area contributed by atoms with Crippen LogP contribution in [0.25, 0.3) is 0 Å². The molecule has 82 valence electrons. The van der Waals surface area contributed by atoms with Gasteiger partial charge in [0.05, 0.1) is 6.04 Å². The molecule has 1 aliphatic rings. The van der Waals surface area contributed by atoms with Crippen LogP contribution in [0, 0.1) is 6.92 Å². The summed E-state index contributed by atoms with van der Waals surface area (Å²) in [5, 5.41) is 0. The zero-order valence-electron chi connectivity index (χ0n) is 8.82. The summed E-state index contributed by atoms with van der Waals surface area (Å²) in [6, 6.07) is 2.55. The van der Waals surface area contributed by atoms with E-state index >= 15 is 0 Å². The van der Waals surface area contributed by atoms with Crippen molar-refractivity contribution in [2.45, 2.75) is 13.0 Å². The highest BCUT2D eigenvalue weighted by molar-refractivity contribution is 7.99.